The van der Waals surface area contributed by atoms with Gasteiger partial charge in [0, 0.05) is 13.6 Å². The maximum absolute atomic E-state index is 12.9. The van der Waals surface area contributed by atoms with Crippen LogP contribution in [0.5, 0.6) is 0 Å². The van der Waals surface area contributed by atoms with Crippen LogP contribution in [0.4, 0.5) is 4.39 Å². The van der Waals surface area contributed by atoms with Gasteiger partial charge in [0.2, 0.25) is 0 Å². The number of rotatable bonds is 4. The van der Waals surface area contributed by atoms with Crippen LogP contribution >= 0.6 is 0 Å². The van der Waals surface area contributed by atoms with Gasteiger partial charge in [-0.15, -0.1) is 5.10 Å². The second-order valence-electron chi connectivity index (χ2n) is 5.14. The number of halogens is 1. The molecule has 0 atom stereocenters. The van der Waals surface area contributed by atoms with Crippen LogP contribution < -0.4 is 0 Å². The van der Waals surface area contributed by atoms with E-state index in [0.717, 1.165) is 11.3 Å². The molecule has 0 aliphatic heterocycles. The predicted octanol–water partition coefficient (Wildman–Crippen LogP) is 2.68. The second kappa shape index (κ2) is 6.39. The fourth-order valence-corrected chi connectivity index (χ4v) is 2.18. The highest BCUT2D eigenvalue weighted by Crippen LogP contribution is 2.09. The number of benzene rings is 2. The molecule has 1 amide bonds. The van der Waals surface area contributed by atoms with E-state index >= 15 is 0 Å². The molecule has 23 heavy (non-hydrogen) atoms. The first-order valence-corrected chi connectivity index (χ1v) is 7.11. The maximum atomic E-state index is 12.9. The van der Waals surface area contributed by atoms with Gasteiger partial charge in [0.05, 0.1) is 11.9 Å². The largest absolute Gasteiger partial charge is 0.336 e. The van der Waals surface area contributed by atoms with Crippen LogP contribution in [0, 0.1) is 5.82 Å². The van der Waals surface area contributed by atoms with Crippen molar-refractivity contribution in [2.24, 2.45) is 0 Å². The van der Waals surface area contributed by atoms with Gasteiger partial charge in [-0.25, -0.2) is 4.39 Å². The van der Waals surface area contributed by atoms with Crippen molar-refractivity contribution in [3.05, 3.63) is 77.9 Å². The molecule has 0 aliphatic carbocycles. The van der Waals surface area contributed by atoms with Gasteiger partial charge in [0.25, 0.3) is 5.91 Å². The highest BCUT2D eigenvalue weighted by atomic mass is 19.1. The average molecular weight is 310 g/mol. The SMILES string of the molecule is CN(Cc1ccc(F)cc1)C(=O)c1cnn(-c2ccccc2)n1. The minimum atomic E-state index is -0.298. The van der Waals surface area contributed by atoms with Crippen LogP contribution in [0.25, 0.3) is 5.69 Å². The Balaban J connectivity index is 1.72. The first-order chi connectivity index (χ1) is 11.1. The summed E-state index contributed by atoms with van der Waals surface area (Å²) in [4.78, 5) is 15.3. The minimum Gasteiger partial charge on any atom is -0.336 e. The maximum Gasteiger partial charge on any atom is 0.276 e. The highest BCUT2D eigenvalue weighted by molar-refractivity contribution is 5.91. The van der Waals surface area contributed by atoms with Crippen LogP contribution in [0.3, 0.4) is 0 Å². The van der Waals surface area contributed by atoms with Crippen molar-refractivity contribution in [1.29, 1.82) is 0 Å². The first kappa shape index (κ1) is 14.9. The van der Waals surface area contributed by atoms with Crippen LogP contribution in [0.15, 0.2) is 60.8 Å². The van der Waals surface area contributed by atoms with E-state index in [0.29, 0.717) is 6.54 Å². The van der Waals surface area contributed by atoms with Crippen LogP contribution in [0.2, 0.25) is 0 Å². The molecule has 116 valence electrons. The molecule has 0 radical (unpaired) electrons. The summed E-state index contributed by atoms with van der Waals surface area (Å²) in [5, 5.41) is 8.33. The molecule has 0 saturated carbocycles. The van der Waals surface area contributed by atoms with E-state index in [1.807, 2.05) is 30.3 Å². The Labute approximate surface area is 133 Å². The molecule has 0 fully saturated rings. The molecule has 6 heteroatoms. The summed E-state index contributed by atoms with van der Waals surface area (Å²) in [5.74, 6) is -0.537. The normalized spacial score (nSPS) is 10.5. The number of hydrogen-bond acceptors (Lipinski definition) is 3. The van der Waals surface area contributed by atoms with Crippen LogP contribution in [-0.2, 0) is 6.54 Å². The van der Waals surface area contributed by atoms with Gasteiger partial charge in [-0.1, -0.05) is 30.3 Å². The van der Waals surface area contributed by atoms with E-state index in [9.17, 15) is 9.18 Å². The molecule has 1 aromatic heterocycles. The van der Waals surface area contributed by atoms with Gasteiger partial charge in [0.1, 0.15) is 5.82 Å². The molecular formula is C17H15FN4O. The standard InChI is InChI=1S/C17H15FN4O/c1-21(12-13-7-9-14(18)10-8-13)17(23)16-11-19-22(20-16)15-5-3-2-4-6-15/h2-11H,12H2,1H3. The summed E-state index contributed by atoms with van der Waals surface area (Å²) < 4.78 is 12.9. The lowest BCUT2D eigenvalue weighted by atomic mass is 10.2. The Bertz CT molecular complexity index is 799. The Morgan fingerprint density at radius 2 is 1.83 bits per heavy atom. The van der Waals surface area contributed by atoms with Gasteiger partial charge >= 0.3 is 0 Å². The molecule has 0 saturated heterocycles. The Morgan fingerprint density at radius 3 is 2.52 bits per heavy atom. The van der Waals surface area contributed by atoms with Crippen LogP contribution in [-0.4, -0.2) is 32.8 Å². The van der Waals surface area contributed by atoms with E-state index in [4.69, 9.17) is 0 Å². The lowest BCUT2D eigenvalue weighted by Crippen LogP contribution is -2.26. The quantitative estimate of drug-likeness (QED) is 0.744. The molecule has 2 aromatic carbocycles. The third-order valence-electron chi connectivity index (χ3n) is 3.38. The van der Waals surface area contributed by atoms with E-state index in [-0.39, 0.29) is 17.4 Å². The number of amides is 1. The Morgan fingerprint density at radius 1 is 1.13 bits per heavy atom. The average Bonchev–Trinajstić information content (AvgIpc) is 3.07. The fraction of sp³-hybridized carbons (Fsp3) is 0.118. The van der Waals surface area contributed by atoms with Crippen molar-refractivity contribution in [1.82, 2.24) is 19.9 Å². The summed E-state index contributed by atoms with van der Waals surface area (Å²) >= 11 is 0. The zero-order valence-corrected chi connectivity index (χ0v) is 12.6. The summed E-state index contributed by atoms with van der Waals surface area (Å²) in [5.41, 5.74) is 1.89. The number of aromatic nitrogens is 3. The number of carbonyl (C=O) groups is 1. The molecule has 0 N–H and O–H groups in total. The third-order valence-corrected chi connectivity index (χ3v) is 3.38. The molecule has 1 heterocycles. The van der Waals surface area contributed by atoms with Gasteiger partial charge in [-0.3, -0.25) is 4.79 Å². The lowest BCUT2D eigenvalue weighted by Gasteiger charge is -2.15. The van der Waals surface area contributed by atoms with E-state index in [1.54, 1.807) is 19.2 Å². The van der Waals surface area contributed by atoms with Gasteiger partial charge in [-0.2, -0.15) is 9.90 Å². The summed E-state index contributed by atoms with van der Waals surface area (Å²) in [6.07, 6.45) is 1.44. The third kappa shape index (κ3) is 3.42. The zero-order chi connectivity index (χ0) is 16.2. The molecule has 0 spiro atoms. The molecule has 3 rings (SSSR count). The predicted molar refractivity (Wildman–Crippen MR) is 83.6 cm³/mol. The Hall–Kier alpha value is -3.02. The fourth-order valence-electron chi connectivity index (χ4n) is 2.18. The van der Waals surface area contributed by atoms with Gasteiger partial charge < -0.3 is 4.90 Å². The van der Waals surface area contributed by atoms with Crippen molar-refractivity contribution in [2.45, 2.75) is 6.54 Å². The molecule has 0 bridgehead atoms. The van der Waals surface area contributed by atoms with Crippen LogP contribution in [0.1, 0.15) is 16.1 Å². The first-order valence-electron chi connectivity index (χ1n) is 7.11. The summed E-state index contributed by atoms with van der Waals surface area (Å²) in [6.45, 7) is 0.372. The van der Waals surface area contributed by atoms with Gasteiger partial charge in [-0.05, 0) is 29.8 Å². The Kier molecular flexibility index (Phi) is 4.14. The number of nitrogens with zero attached hydrogens (tertiary/aromatic N) is 4. The monoisotopic (exact) mass is 310 g/mol. The summed E-state index contributed by atoms with van der Waals surface area (Å²) in [7, 11) is 1.67. The molecule has 0 unspecified atom stereocenters. The minimum absolute atomic E-state index is 0.239. The highest BCUT2D eigenvalue weighted by Gasteiger charge is 2.16. The second-order valence-corrected chi connectivity index (χ2v) is 5.14. The lowest BCUT2D eigenvalue weighted by molar-refractivity contribution is 0.0779. The van der Waals surface area contributed by atoms with E-state index < -0.39 is 0 Å². The van der Waals surface area contributed by atoms with Crippen molar-refractivity contribution in [2.75, 3.05) is 7.05 Å². The van der Waals surface area contributed by atoms with E-state index in [1.165, 1.54) is 28.0 Å². The summed E-state index contributed by atoms with van der Waals surface area (Å²) in [6, 6.07) is 15.4. The van der Waals surface area contributed by atoms with Crippen molar-refractivity contribution in [3.8, 4) is 5.69 Å². The number of carbonyl (C=O) groups excluding carboxylic acids is 1. The van der Waals surface area contributed by atoms with Crippen molar-refractivity contribution >= 4 is 5.91 Å². The van der Waals surface area contributed by atoms with E-state index in [2.05, 4.69) is 10.2 Å². The molecule has 5 nitrogen and oxygen atoms in total. The number of para-hydroxylation sites is 1. The molecule has 0 aliphatic rings. The molecule has 3 aromatic rings. The van der Waals surface area contributed by atoms with Crippen molar-refractivity contribution in [3.63, 3.8) is 0 Å². The van der Waals surface area contributed by atoms with Gasteiger partial charge in [0.15, 0.2) is 5.69 Å². The number of hydrogen-bond donors (Lipinski definition) is 0. The topological polar surface area (TPSA) is 51.0 Å². The zero-order valence-electron chi connectivity index (χ0n) is 12.6. The van der Waals surface area contributed by atoms with Crippen molar-refractivity contribution < 1.29 is 9.18 Å². The molecular weight excluding hydrogens is 295 g/mol. The smallest absolute Gasteiger partial charge is 0.276 e.